The number of thiophene rings is 2. The maximum Gasteiger partial charge on any atom is 0.333 e. The van der Waals surface area contributed by atoms with Crippen molar-refractivity contribution in [2.75, 3.05) is 4.81 Å². The predicted octanol–water partition coefficient (Wildman–Crippen LogP) is 16.5. The first-order chi connectivity index (χ1) is 31.6. The Kier molecular flexibility index (Phi) is 7.52. The minimum absolute atomic E-state index is 0.0229. The van der Waals surface area contributed by atoms with Crippen molar-refractivity contribution in [3.05, 3.63) is 150 Å². The normalized spacial score (nSPS) is 14.1. The standard InChI is InChI=1S/C60H49BN2OS2/c1-58(2,3)32-18-22-35(23-19-32)63-45-30-50-39(38-26-34(60(7,8)9)21-25-49(38)66-50)28-42(45)54-55-56-52(53-37-15-10-12-16-47(37)64-57(53)54)41-27-33(59(4,5)6)20-24-44(41)62(56)46-31-51-40(29-43(46)61(55)63)36-14-11-13-17-48(36)65-51/h10-31H,1-9H3. The fraction of sp³-hybridized carbons (Fsp3) is 0.200. The highest BCUT2D eigenvalue weighted by molar-refractivity contribution is 7.26. The van der Waals surface area contributed by atoms with Crippen molar-refractivity contribution in [3.8, 4) is 16.8 Å². The molecule has 0 radical (unpaired) electrons. The van der Waals surface area contributed by atoms with Gasteiger partial charge in [0.15, 0.2) is 0 Å². The van der Waals surface area contributed by atoms with E-state index in [0.717, 1.165) is 16.6 Å². The maximum atomic E-state index is 7.36. The van der Waals surface area contributed by atoms with Crippen LogP contribution in [0.1, 0.15) is 79.0 Å². The minimum Gasteiger partial charge on any atom is -0.455 e. The number of benzene rings is 8. The average molecular weight is 889 g/mol. The highest BCUT2D eigenvalue weighted by Crippen LogP contribution is 2.54. The highest BCUT2D eigenvalue weighted by atomic mass is 32.1. The Hall–Kier alpha value is -6.34. The molecule has 8 aromatic carbocycles. The lowest BCUT2D eigenvalue weighted by Crippen LogP contribution is -2.60. The van der Waals surface area contributed by atoms with Crippen LogP contribution in [0.3, 0.4) is 0 Å². The zero-order valence-corrected chi connectivity index (χ0v) is 40.5. The van der Waals surface area contributed by atoms with Gasteiger partial charge in [0, 0.05) is 90.1 Å². The van der Waals surface area contributed by atoms with E-state index >= 15 is 0 Å². The van der Waals surface area contributed by atoms with E-state index in [0.29, 0.717) is 0 Å². The fourth-order valence-electron chi connectivity index (χ4n) is 11.6. The summed E-state index contributed by atoms with van der Waals surface area (Å²) in [5, 5.41) is 10.2. The van der Waals surface area contributed by atoms with Gasteiger partial charge in [0.1, 0.15) is 11.2 Å². The van der Waals surface area contributed by atoms with Crippen molar-refractivity contribution in [2.45, 2.75) is 78.6 Å². The number of para-hydroxylation sites is 1. The Morgan fingerprint density at radius 2 is 1.08 bits per heavy atom. The first kappa shape index (κ1) is 38.9. The summed E-state index contributed by atoms with van der Waals surface area (Å²) < 4.78 is 15.3. The lowest BCUT2D eigenvalue weighted by atomic mass is 9.43. The molecule has 0 bridgehead atoms. The van der Waals surface area contributed by atoms with E-state index in [2.05, 4.69) is 205 Å². The molecular weight excluding hydrogens is 840 g/mol. The summed E-state index contributed by atoms with van der Waals surface area (Å²) >= 11 is 3.82. The minimum atomic E-state index is -0.149. The van der Waals surface area contributed by atoms with Gasteiger partial charge >= 0.3 is 6.85 Å². The number of nitrogens with zero attached hydrogens (tertiary/aromatic N) is 2. The molecule has 320 valence electrons. The molecule has 6 heteroatoms. The first-order valence-corrected chi connectivity index (χ1v) is 25.1. The average Bonchev–Trinajstić information content (AvgIpc) is 4.04. The van der Waals surface area contributed by atoms with E-state index in [1.807, 2.05) is 22.7 Å². The molecule has 0 fully saturated rings. The maximum absolute atomic E-state index is 7.36. The Morgan fingerprint density at radius 1 is 0.485 bits per heavy atom. The van der Waals surface area contributed by atoms with E-state index in [9.17, 15) is 0 Å². The van der Waals surface area contributed by atoms with Gasteiger partial charge in [-0.1, -0.05) is 129 Å². The van der Waals surface area contributed by atoms with Gasteiger partial charge in [0.25, 0.3) is 0 Å². The molecule has 0 N–H and O–H groups in total. The SMILES string of the molecule is CC(C)(C)c1ccc(N2B3c4cc5c(cc4-n4c6ccc(C(C)(C)C)cc6c6c7c(oc8ccccc87)c(c3c64)-c3cc4c(cc32)sc2ccc(C(C)(C)C)cc24)sc2ccccc25)cc1. The highest BCUT2D eigenvalue weighted by Gasteiger charge is 2.46. The van der Waals surface area contributed by atoms with Gasteiger partial charge in [-0.05, 0) is 111 Å². The van der Waals surface area contributed by atoms with Crippen LogP contribution >= 0.6 is 22.7 Å². The Morgan fingerprint density at radius 3 is 1.80 bits per heavy atom. The van der Waals surface area contributed by atoms with Crippen LogP contribution < -0.4 is 15.7 Å². The number of furan rings is 1. The van der Waals surface area contributed by atoms with Crippen LogP contribution in [0.2, 0.25) is 0 Å². The van der Waals surface area contributed by atoms with Crippen LogP contribution in [-0.2, 0) is 16.2 Å². The molecule has 0 atom stereocenters. The molecule has 0 saturated heterocycles. The van der Waals surface area contributed by atoms with Gasteiger partial charge in [-0.2, -0.15) is 0 Å². The molecule has 0 unspecified atom stereocenters. The molecule has 6 heterocycles. The molecule has 0 amide bonds. The van der Waals surface area contributed by atoms with E-state index < -0.39 is 0 Å². The zero-order valence-electron chi connectivity index (χ0n) is 38.9. The van der Waals surface area contributed by atoms with Crippen LogP contribution in [0, 0.1) is 0 Å². The molecule has 2 aliphatic heterocycles. The third-order valence-electron chi connectivity index (χ3n) is 15.0. The Balaban J connectivity index is 1.23. The molecule has 12 aromatic rings. The van der Waals surface area contributed by atoms with Crippen LogP contribution in [0.4, 0.5) is 11.4 Å². The van der Waals surface area contributed by atoms with Gasteiger partial charge in [-0.15, -0.1) is 22.7 Å². The van der Waals surface area contributed by atoms with Crippen LogP contribution in [0.5, 0.6) is 0 Å². The van der Waals surface area contributed by atoms with E-state index in [1.54, 1.807) is 0 Å². The van der Waals surface area contributed by atoms with Gasteiger partial charge in [-0.3, -0.25) is 0 Å². The van der Waals surface area contributed by atoms with E-state index in [1.165, 1.54) is 123 Å². The molecule has 66 heavy (non-hydrogen) atoms. The second kappa shape index (κ2) is 12.8. The predicted molar refractivity (Wildman–Crippen MR) is 289 cm³/mol. The lowest BCUT2D eigenvalue weighted by Gasteiger charge is -2.42. The van der Waals surface area contributed by atoms with E-state index in [-0.39, 0.29) is 23.1 Å². The molecule has 0 aliphatic carbocycles. The van der Waals surface area contributed by atoms with Gasteiger partial charge in [0.2, 0.25) is 0 Å². The van der Waals surface area contributed by atoms with Crippen molar-refractivity contribution in [1.82, 2.24) is 4.57 Å². The number of hydrogen-bond donors (Lipinski definition) is 0. The molecule has 3 nitrogen and oxygen atoms in total. The second-order valence-corrected chi connectivity index (χ2v) is 24.3. The molecule has 2 aliphatic rings. The van der Waals surface area contributed by atoms with Crippen LogP contribution in [-0.4, -0.2) is 11.4 Å². The van der Waals surface area contributed by atoms with Crippen molar-refractivity contribution in [1.29, 1.82) is 0 Å². The summed E-state index contributed by atoms with van der Waals surface area (Å²) in [6, 6.07) is 51.7. The number of fused-ring (bicyclic) bond motifs is 19. The molecular formula is C60H49BN2OS2. The lowest BCUT2D eigenvalue weighted by molar-refractivity contribution is 0.590. The Bertz CT molecular complexity index is 4120. The van der Waals surface area contributed by atoms with Crippen molar-refractivity contribution in [2.24, 2.45) is 0 Å². The topological polar surface area (TPSA) is 21.3 Å². The molecule has 14 rings (SSSR count). The number of aromatic nitrogens is 1. The van der Waals surface area contributed by atoms with Gasteiger partial charge in [-0.25, -0.2) is 0 Å². The van der Waals surface area contributed by atoms with Crippen molar-refractivity contribution < 1.29 is 4.42 Å². The summed E-state index contributed by atoms with van der Waals surface area (Å²) in [5.41, 5.74) is 17.2. The molecule has 4 aromatic heterocycles. The smallest absolute Gasteiger partial charge is 0.333 e. The van der Waals surface area contributed by atoms with E-state index in [4.69, 9.17) is 4.42 Å². The summed E-state index contributed by atoms with van der Waals surface area (Å²) in [6.07, 6.45) is 0. The molecule has 0 saturated carbocycles. The number of anilines is 2. The summed E-state index contributed by atoms with van der Waals surface area (Å²) in [7, 11) is 0. The monoisotopic (exact) mass is 888 g/mol. The van der Waals surface area contributed by atoms with Gasteiger partial charge < -0.3 is 13.8 Å². The third kappa shape index (κ3) is 5.15. The van der Waals surface area contributed by atoms with Crippen molar-refractivity contribution >= 4 is 136 Å². The van der Waals surface area contributed by atoms with Crippen LogP contribution in [0.25, 0.3) is 101 Å². The summed E-state index contributed by atoms with van der Waals surface area (Å²) in [4.78, 5) is 2.70. The largest absolute Gasteiger partial charge is 0.455 e. The molecule has 0 spiro atoms. The van der Waals surface area contributed by atoms with Gasteiger partial charge in [0.05, 0.1) is 11.0 Å². The van der Waals surface area contributed by atoms with Crippen LogP contribution in [0.15, 0.2) is 138 Å². The summed E-state index contributed by atoms with van der Waals surface area (Å²) in [6.45, 7) is 20.7. The number of hydrogen-bond acceptors (Lipinski definition) is 4. The first-order valence-electron chi connectivity index (χ1n) is 23.4. The fourth-order valence-corrected chi connectivity index (χ4v) is 13.8. The number of rotatable bonds is 1. The quantitative estimate of drug-likeness (QED) is 0.153. The Labute approximate surface area is 393 Å². The third-order valence-corrected chi connectivity index (χ3v) is 17.3. The zero-order chi connectivity index (χ0) is 44.9. The second-order valence-electron chi connectivity index (χ2n) is 22.1. The van der Waals surface area contributed by atoms with Crippen molar-refractivity contribution in [3.63, 3.8) is 0 Å². The summed E-state index contributed by atoms with van der Waals surface area (Å²) in [5.74, 6) is 0.